The fourth-order valence-corrected chi connectivity index (χ4v) is 3.54. The highest BCUT2D eigenvalue weighted by atomic mass is 35.5. The van der Waals surface area contributed by atoms with Gasteiger partial charge in [0.25, 0.3) is 5.69 Å². The number of halogens is 1. The molecule has 0 fully saturated rings. The molecule has 4 rings (SSSR count). The van der Waals surface area contributed by atoms with Gasteiger partial charge in [-0.15, -0.1) is 0 Å². The first kappa shape index (κ1) is 22.7. The van der Waals surface area contributed by atoms with Gasteiger partial charge in [-0.25, -0.2) is 0 Å². The Morgan fingerprint density at radius 3 is 2.47 bits per heavy atom. The Morgan fingerprint density at radius 1 is 0.941 bits per heavy atom. The Balaban J connectivity index is 1.65. The van der Waals surface area contributed by atoms with Crippen molar-refractivity contribution in [2.75, 3.05) is 5.43 Å². The highest BCUT2D eigenvalue weighted by molar-refractivity contribution is 6.31. The summed E-state index contributed by atoms with van der Waals surface area (Å²) in [5, 5.41) is 28.9. The first-order chi connectivity index (χ1) is 16.4. The van der Waals surface area contributed by atoms with Crippen molar-refractivity contribution >= 4 is 45.7 Å². The van der Waals surface area contributed by atoms with Crippen molar-refractivity contribution in [3.63, 3.8) is 0 Å². The van der Waals surface area contributed by atoms with Gasteiger partial charge >= 0.3 is 5.69 Å². The monoisotopic (exact) mass is 476 g/mol. The van der Waals surface area contributed by atoms with Crippen molar-refractivity contribution in [3.05, 3.63) is 115 Å². The SMILES string of the molecule is O=[N+]([O-])c1ccc(N/N=C\c2c(OCc3ccccc3Cl)ccc3ccccc23)c([N+](=O)[O-])c1. The molecule has 0 atom stereocenters. The zero-order valence-electron chi connectivity index (χ0n) is 17.6. The lowest BCUT2D eigenvalue weighted by atomic mass is 10.0. The van der Waals surface area contributed by atoms with Crippen molar-refractivity contribution in [2.45, 2.75) is 6.61 Å². The number of fused-ring (bicyclic) bond motifs is 1. The Labute approximate surface area is 198 Å². The number of nitrogens with one attached hydrogen (secondary N) is 1. The quantitative estimate of drug-likeness (QED) is 0.180. The molecule has 34 heavy (non-hydrogen) atoms. The van der Waals surface area contributed by atoms with E-state index in [0.717, 1.165) is 22.4 Å². The summed E-state index contributed by atoms with van der Waals surface area (Å²) >= 11 is 6.23. The Morgan fingerprint density at radius 2 is 1.71 bits per heavy atom. The van der Waals surface area contributed by atoms with Crippen LogP contribution in [-0.2, 0) is 6.61 Å². The second-order valence-corrected chi connectivity index (χ2v) is 7.57. The molecule has 10 heteroatoms. The van der Waals surface area contributed by atoms with Gasteiger partial charge < -0.3 is 4.74 Å². The van der Waals surface area contributed by atoms with E-state index in [1.807, 2.05) is 54.6 Å². The molecule has 0 aliphatic carbocycles. The summed E-state index contributed by atoms with van der Waals surface area (Å²) in [4.78, 5) is 20.9. The van der Waals surface area contributed by atoms with Crippen LogP contribution in [0.3, 0.4) is 0 Å². The molecule has 0 heterocycles. The molecule has 0 aliphatic rings. The Bertz CT molecular complexity index is 1420. The van der Waals surface area contributed by atoms with E-state index in [1.165, 1.54) is 18.3 Å². The second-order valence-electron chi connectivity index (χ2n) is 7.16. The molecule has 4 aromatic carbocycles. The maximum atomic E-state index is 11.4. The molecule has 9 nitrogen and oxygen atoms in total. The maximum absolute atomic E-state index is 11.4. The zero-order chi connectivity index (χ0) is 24.1. The van der Waals surface area contributed by atoms with E-state index in [2.05, 4.69) is 10.5 Å². The summed E-state index contributed by atoms with van der Waals surface area (Å²) in [5.74, 6) is 0.544. The molecule has 1 N–H and O–H groups in total. The summed E-state index contributed by atoms with van der Waals surface area (Å²) in [6.07, 6.45) is 1.50. The molecular weight excluding hydrogens is 460 g/mol. The lowest BCUT2D eigenvalue weighted by Gasteiger charge is -2.12. The van der Waals surface area contributed by atoms with Crippen LogP contribution in [0.5, 0.6) is 5.75 Å². The van der Waals surface area contributed by atoms with E-state index >= 15 is 0 Å². The smallest absolute Gasteiger partial charge is 0.301 e. The van der Waals surface area contributed by atoms with Crippen molar-refractivity contribution in [1.29, 1.82) is 0 Å². The summed E-state index contributed by atoms with van der Waals surface area (Å²) < 4.78 is 6.03. The van der Waals surface area contributed by atoms with E-state index < -0.39 is 15.5 Å². The van der Waals surface area contributed by atoms with Gasteiger partial charge in [0.15, 0.2) is 0 Å². The Kier molecular flexibility index (Phi) is 6.65. The van der Waals surface area contributed by atoms with Gasteiger partial charge in [0.1, 0.15) is 18.0 Å². The fourth-order valence-electron chi connectivity index (χ4n) is 3.35. The van der Waals surface area contributed by atoms with Gasteiger partial charge in [0.05, 0.1) is 22.1 Å². The van der Waals surface area contributed by atoms with E-state index in [9.17, 15) is 20.2 Å². The third kappa shape index (κ3) is 4.94. The van der Waals surface area contributed by atoms with E-state index in [1.54, 1.807) is 6.07 Å². The number of nitro benzene ring substituents is 2. The Hall–Kier alpha value is -4.50. The summed E-state index contributed by atoms with van der Waals surface area (Å²) in [5.41, 5.74) is 3.26. The number of hydrogen-bond donors (Lipinski definition) is 1. The highest BCUT2D eigenvalue weighted by Crippen LogP contribution is 2.30. The van der Waals surface area contributed by atoms with Gasteiger partial charge in [-0.1, -0.05) is 60.1 Å². The van der Waals surface area contributed by atoms with Crippen LogP contribution in [0, 0.1) is 20.2 Å². The number of nitrogens with zero attached hydrogens (tertiary/aromatic N) is 3. The number of hydrogen-bond acceptors (Lipinski definition) is 7. The third-order valence-electron chi connectivity index (χ3n) is 5.04. The lowest BCUT2D eigenvalue weighted by molar-refractivity contribution is -0.393. The van der Waals surface area contributed by atoms with Crippen LogP contribution < -0.4 is 10.2 Å². The summed E-state index contributed by atoms with van der Waals surface area (Å²) in [7, 11) is 0. The minimum Gasteiger partial charge on any atom is -0.488 e. The predicted octanol–water partition coefficient (Wildman–Crippen LogP) is 6.33. The average Bonchev–Trinajstić information content (AvgIpc) is 2.84. The first-order valence-electron chi connectivity index (χ1n) is 10.0. The van der Waals surface area contributed by atoms with E-state index in [4.69, 9.17) is 16.3 Å². The van der Waals surface area contributed by atoms with Crippen LogP contribution in [0.25, 0.3) is 10.8 Å². The summed E-state index contributed by atoms with van der Waals surface area (Å²) in [6.45, 7) is 0.236. The van der Waals surface area contributed by atoms with Crippen LogP contribution in [0.4, 0.5) is 17.1 Å². The van der Waals surface area contributed by atoms with Crippen LogP contribution in [0.15, 0.2) is 84.0 Å². The van der Waals surface area contributed by atoms with Crippen molar-refractivity contribution in [3.8, 4) is 5.75 Å². The van der Waals surface area contributed by atoms with Gasteiger partial charge in [0, 0.05) is 22.2 Å². The minimum atomic E-state index is -0.707. The molecule has 170 valence electrons. The lowest BCUT2D eigenvalue weighted by Crippen LogP contribution is -2.01. The van der Waals surface area contributed by atoms with Crippen molar-refractivity contribution < 1.29 is 14.6 Å². The minimum absolute atomic E-state index is 0.0191. The number of nitro groups is 2. The molecule has 0 saturated carbocycles. The van der Waals surface area contributed by atoms with Gasteiger partial charge in [0.2, 0.25) is 0 Å². The van der Waals surface area contributed by atoms with Crippen LogP contribution >= 0.6 is 11.6 Å². The van der Waals surface area contributed by atoms with Gasteiger partial charge in [-0.05, 0) is 29.0 Å². The number of non-ortho nitro benzene ring substituents is 1. The average molecular weight is 477 g/mol. The molecule has 0 aliphatic heterocycles. The molecule has 0 spiro atoms. The normalized spacial score (nSPS) is 11.0. The third-order valence-corrected chi connectivity index (χ3v) is 5.41. The molecule has 0 saturated heterocycles. The van der Waals surface area contributed by atoms with Gasteiger partial charge in [-0.2, -0.15) is 5.10 Å². The number of rotatable bonds is 8. The summed E-state index contributed by atoms with van der Waals surface area (Å²) in [6, 6.07) is 22.0. The van der Waals surface area contributed by atoms with Crippen molar-refractivity contribution in [2.24, 2.45) is 5.10 Å². The number of hydrazone groups is 1. The van der Waals surface area contributed by atoms with Crippen LogP contribution in [0.1, 0.15) is 11.1 Å². The largest absolute Gasteiger partial charge is 0.488 e. The first-order valence-corrected chi connectivity index (χ1v) is 10.4. The van der Waals surface area contributed by atoms with Crippen LogP contribution in [-0.4, -0.2) is 16.1 Å². The predicted molar refractivity (Wildman–Crippen MR) is 131 cm³/mol. The maximum Gasteiger partial charge on any atom is 0.301 e. The van der Waals surface area contributed by atoms with Crippen LogP contribution in [0.2, 0.25) is 5.02 Å². The zero-order valence-corrected chi connectivity index (χ0v) is 18.3. The molecule has 0 aromatic heterocycles. The standard InChI is InChI=1S/C24H17ClN4O5/c25-21-8-4-2-6-17(21)15-34-24-12-9-16-5-1-3-7-19(16)20(24)14-26-27-22-11-10-18(28(30)31)13-23(22)29(32)33/h1-14,27H,15H2/b26-14-. The van der Waals surface area contributed by atoms with Crippen molar-refractivity contribution in [1.82, 2.24) is 0 Å². The molecule has 0 unspecified atom stereocenters. The molecule has 0 amide bonds. The van der Waals surface area contributed by atoms with E-state index in [0.29, 0.717) is 16.3 Å². The fraction of sp³-hybridized carbons (Fsp3) is 0.0417. The molecule has 4 aromatic rings. The highest BCUT2D eigenvalue weighted by Gasteiger charge is 2.19. The molecule has 0 bridgehead atoms. The number of anilines is 1. The van der Waals surface area contributed by atoms with Gasteiger partial charge in [-0.3, -0.25) is 25.7 Å². The number of benzene rings is 4. The molecular formula is C24H17ClN4O5. The van der Waals surface area contributed by atoms with E-state index in [-0.39, 0.29) is 18.0 Å². The number of ether oxygens (including phenoxy) is 1. The topological polar surface area (TPSA) is 120 Å². The molecule has 0 radical (unpaired) electrons. The second kappa shape index (κ2) is 9.97.